The van der Waals surface area contributed by atoms with Gasteiger partial charge in [0.05, 0.1) is 31.1 Å². The first-order valence-electron chi connectivity index (χ1n) is 9.88. The molecule has 2 atom stereocenters. The van der Waals surface area contributed by atoms with Crippen LogP contribution in [0.3, 0.4) is 0 Å². The average Bonchev–Trinajstić information content (AvgIpc) is 2.78. The van der Waals surface area contributed by atoms with E-state index in [1.807, 2.05) is 48.5 Å². The maximum atomic E-state index is 6.15. The predicted molar refractivity (Wildman–Crippen MR) is 116 cm³/mol. The van der Waals surface area contributed by atoms with Crippen LogP contribution in [-0.2, 0) is 22.7 Å². The van der Waals surface area contributed by atoms with Gasteiger partial charge in [0, 0.05) is 16.2 Å². The summed E-state index contributed by atoms with van der Waals surface area (Å²) in [5.41, 5.74) is 3.17. The minimum absolute atomic E-state index is 0.0309. The molecule has 1 aromatic heterocycles. The van der Waals surface area contributed by atoms with Crippen molar-refractivity contribution in [3.05, 3.63) is 94.2 Å². The summed E-state index contributed by atoms with van der Waals surface area (Å²) >= 11 is 3.51. The van der Waals surface area contributed by atoms with Crippen molar-refractivity contribution in [2.24, 2.45) is 0 Å². The number of hydrogen-bond acceptors (Lipinski definition) is 4. The summed E-state index contributed by atoms with van der Waals surface area (Å²) < 4.78 is 19.2. The molecule has 1 aliphatic rings. The summed E-state index contributed by atoms with van der Waals surface area (Å²) in [6, 6.07) is 22.2. The highest BCUT2D eigenvalue weighted by Gasteiger charge is 2.26. The molecule has 1 aliphatic heterocycles. The van der Waals surface area contributed by atoms with Crippen LogP contribution in [0.5, 0.6) is 5.75 Å². The normalized spacial score (nSPS) is 19.1. The molecule has 0 radical (unpaired) electrons. The van der Waals surface area contributed by atoms with E-state index in [4.69, 9.17) is 14.2 Å². The smallest absolute Gasteiger partial charge is 0.125 e. The van der Waals surface area contributed by atoms with Crippen molar-refractivity contribution in [1.29, 1.82) is 0 Å². The van der Waals surface area contributed by atoms with Crippen molar-refractivity contribution < 1.29 is 14.2 Å². The Bertz CT molecular complexity index is 911. The van der Waals surface area contributed by atoms with Crippen LogP contribution in [0.15, 0.2) is 77.4 Å². The zero-order valence-electron chi connectivity index (χ0n) is 16.2. The van der Waals surface area contributed by atoms with Crippen LogP contribution in [0.25, 0.3) is 0 Å². The predicted octanol–water partition coefficient (Wildman–Crippen LogP) is 5.86. The molecule has 4 nitrogen and oxygen atoms in total. The van der Waals surface area contributed by atoms with Gasteiger partial charge in [0.25, 0.3) is 0 Å². The van der Waals surface area contributed by atoms with Gasteiger partial charge < -0.3 is 14.2 Å². The van der Waals surface area contributed by atoms with Gasteiger partial charge in [0.2, 0.25) is 0 Å². The number of nitrogens with zero attached hydrogens (tertiary/aromatic N) is 1. The molecular weight excluding hydrogens is 430 g/mol. The summed E-state index contributed by atoms with van der Waals surface area (Å²) in [6.07, 6.45) is 3.74. The molecule has 0 unspecified atom stereocenters. The van der Waals surface area contributed by atoms with Crippen LogP contribution < -0.4 is 4.74 Å². The summed E-state index contributed by atoms with van der Waals surface area (Å²) in [4.78, 5) is 4.35. The minimum atomic E-state index is 0.0309. The molecule has 0 aliphatic carbocycles. The molecule has 29 heavy (non-hydrogen) atoms. The fraction of sp³-hybridized carbons (Fsp3) is 0.292. The van der Waals surface area contributed by atoms with E-state index in [1.54, 1.807) is 6.20 Å². The Kier molecular flexibility index (Phi) is 6.93. The quantitative estimate of drug-likeness (QED) is 0.449. The summed E-state index contributed by atoms with van der Waals surface area (Å²) in [6.45, 7) is 1.61. The first-order valence-corrected chi connectivity index (χ1v) is 10.7. The summed E-state index contributed by atoms with van der Waals surface area (Å²) in [5.74, 6) is 0.887. The van der Waals surface area contributed by atoms with Crippen molar-refractivity contribution in [2.45, 2.75) is 38.3 Å². The lowest BCUT2D eigenvalue weighted by molar-refractivity contribution is -0.0932. The summed E-state index contributed by atoms with van der Waals surface area (Å²) in [5, 5.41) is 0. The second-order valence-corrected chi connectivity index (χ2v) is 7.93. The van der Waals surface area contributed by atoms with E-state index in [9.17, 15) is 0 Å². The third-order valence-electron chi connectivity index (χ3n) is 5.03. The lowest BCUT2D eigenvalue weighted by Crippen LogP contribution is -2.27. The Morgan fingerprint density at radius 2 is 1.76 bits per heavy atom. The van der Waals surface area contributed by atoms with Crippen molar-refractivity contribution in [3.8, 4) is 5.75 Å². The number of hydrogen-bond donors (Lipinski definition) is 0. The third-order valence-corrected chi connectivity index (χ3v) is 5.75. The minimum Gasteiger partial charge on any atom is -0.489 e. The molecule has 1 fully saturated rings. The lowest BCUT2D eigenvalue weighted by atomic mass is 9.99. The maximum Gasteiger partial charge on any atom is 0.125 e. The number of para-hydroxylation sites is 1. The van der Waals surface area contributed by atoms with Crippen molar-refractivity contribution in [3.63, 3.8) is 0 Å². The molecule has 3 aromatic rings. The monoisotopic (exact) mass is 453 g/mol. The highest BCUT2D eigenvalue weighted by molar-refractivity contribution is 9.10. The second-order valence-electron chi connectivity index (χ2n) is 7.08. The summed E-state index contributed by atoms with van der Waals surface area (Å²) in [7, 11) is 0. The van der Waals surface area contributed by atoms with Crippen LogP contribution in [-0.4, -0.2) is 17.7 Å². The molecule has 0 N–H and O–H groups in total. The SMILES string of the molecule is Brc1cccnc1CO[C@H]1CC[C@@H](c2ccccc2OCc2ccccc2)OC1. The number of rotatable bonds is 7. The van der Waals surface area contributed by atoms with Gasteiger partial charge >= 0.3 is 0 Å². The van der Waals surface area contributed by atoms with E-state index in [-0.39, 0.29) is 12.2 Å². The van der Waals surface area contributed by atoms with E-state index in [0.717, 1.165) is 39.9 Å². The molecule has 0 spiro atoms. The Balaban J connectivity index is 1.32. The third kappa shape index (κ3) is 5.44. The van der Waals surface area contributed by atoms with Crippen LogP contribution >= 0.6 is 15.9 Å². The zero-order chi connectivity index (χ0) is 19.9. The van der Waals surface area contributed by atoms with E-state index >= 15 is 0 Å². The Morgan fingerprint density at radius 3 is 2.55 bits per heavy atom. The Morgan fingerprint density at radius 1 is 0.931 bits per heavy atom. The number of aromatic nitrogens is 1. The van der Waals surface area contributed by atoms with Gasteiger partial charge in [0.15, 0.2) is 0 Å². The van der Waals surface area contributed by atoms with Crippen molar-refractivity contribution in [1.82, 2.24) is 4.98 Å². The Hall–Kier alpha value is -2.21. The van der Waals surface area contributed by atoms with Gasteiger partial charge in [-0.3, -0.25) is 4.98 Å². The van der Waals surface area contributed by atoms with Gasteiger partial charge in [-0.25, -0.2) is 0 Å². The van der Waals surface area contributed by atoms with E-state index < -0.39 is 0 Å². The molecule has 150 valence electrons. The van der Waals surface area contributed by atoms with Gasteiger partial charge in [-0.15, -0.1) is 0 Å². The molecule has 0 bridgehead atoms. The van der Waals surface area contributed by atoms with Gasteiger partial charge in [-0.1, -0.05) is 48.5 Å². The standard InChI is InChI=1S/C24H24BrNO3/c25-21-10-6-14-26-22(21)17-27-19-12-13-24(29-16-19)20-9-4-5-11-23(20)28-15-18-7-2-1-3-8-18/h1-11,14,19,24H,12-13,15-17H2/t19-,24-/m0/s1. The average molecular weight is 454 g/mol. The number of ether oxygens (including phenoxy) is 3. The number of benzene rings is 2. The first kappa shape index (κ1) is 20.1. The Labute approximate surface area is 180 Å². The molecule has 2 heterocycles. The number of halogens is 1. The maximum absolute atomic E-state index is 6.15. The second kappa shape index (κ2) is 10.0. The largest absolute Gasteiger partial charge is 0.489 e. The number of pyridine rings is 1. The van der Waals surface area contributed by atoms with Gasteiger partial charge in [0.1, 0.15) is 12.4 Å². The molecule has 4 rings (SSSR count). The van der Waals surface area contributed by atoms with Gasteiger partial charge in [-0.2, -0.15) is 0 Å². The lowest BCUT2D eigenvalue weighted by Gasteiger charge is -2.30. The fourth-order valence-electron chi connectivity index (χ4n) is 3.44. The molecule has 2 aromatic carbocycles. The topological polar surface area (TPSA) is 40.6 Å². The van der Waals surface area contributed by atoms with Gasteiger partial charge in [-0.05, 0) is 52.5 Å². The van der Waals surface area contributed by atoms with Crippen LogP contribution in [0.1, 0.15) is 35.8 Å². The van der Waals surface area contributed by atoms with Crippen LogP contribution in [0, 0.1) is 0 Å². The highest BCUT2D eigenvalue weighted by Crippen LogP contribution is 2.35. The molecule has 5 heteroatoms. The molecule has 0 saturated carbocycles. The fourth-order valence-corrected chi connectivity index (χ4v) is 3.81. The van der Waals surface area contributed by atoms with Crippen molar-refractivity contribution >= 4 is 15.9 Å². The van der Waals surface area contributed by atoms with E-state index in [1.165, 1.54) is 0 Å². The highest BCUT2D eigenvalue weighted by atomic mass is 79.9. The van der Waals surface area contributed by atoms with E-state index in [0.29, 0.717) is 19.8 Å². The van der Waals surface area contributed by atoms with Crippen LogP contribution in [0.2, 0.25) is 0 Å². The molecule has 0 amide bonds. The van der Waals surface area contributed by atoms with Crippen LogP contribution in [0.4, 0.5) is 0 Å². The van der Waals surface area contributed by atoms with Crippen molar-refractivity contribution in [2.75, 3.05) is 6.61 Å². The molecule has 1 saturated heterocycles. The molecular formula is C24H24BrNO3. The van der Waals surface area contributed by atoms with E-state index in [2.05, 4.69) is 39.1 Å². The first-order chi connectivity index (χ1) is 14.3. The zero-order valence-corrected chi connectivity index (χ0v) is 17.8.